The second kappa shape index (κ2) is 6.41. The highest BCUT2D eigenvalue weighted by Gasteiger charge is 2.17. The van der Waals surface area contributed by atoms with Gasteiger partial charge in [0.25, 0.3) is 0 Å². The molecular weight excluding hydrogens is 172 g/mol. The van der Waals surface area contributed by atoms with Gasteiger partial charge in [0.1, 0.15) is 0 Å². The summed E-state index contributed by atoms with van der Waals surface area (Å²) in [7, 11) is 0. The number of rotatable bonds is 5. The molecule has 0 unspecified atom stereocenters. The van der Waals surface area contributed by atoms with Crippen LogP contribution >= 0.6 is 0 Å². The summed E-state index contributed by atoms with van der Waals surface area (Å²) in [5.74, 6) is 0. The van der Waals surface area contributed by atoms with E-state index < -0.39 is 0 Å². The van der Waals surface area contributed by atoms with Gasteiger partial charge in [-0.15, -0.1) is 0 Å². The molecule has 14 heavy (non-hydrogen) atoms. The van der Waals surface area contributed by atoms with Crippen molar-refractivity contribution in [3.8, 4) is 0 Å². The lowest BCUT2D eigenvalue weighted by Gasteiger charge is -2.36. The Morgan fingerprint density at radius 1 is 1.07 bits per heavy atom. The highest BCUT2D eigenvalue weighted by molar-refractivity contribution is 4.73. The molecule has 1 heterocycles. The molecule has 0 aliphatic carbocycles. The predicted molar refractivity (Wildman–Crippen MR) is 62.4 cm³/mol. The number of nitrogens with zero attached hydrogens (tertiary/aromatic N) is 2. The van der Waals surface area contributed by atoms with E-state index in [0.717, 1.165) is 12.5 Å². The van der Waals surface area contributed by atoms with Gasteiger partial charge in [0.15, 0.2) is 0 Å². The standard InChI is InChI=1S/C12H25N2/c1-4-5-6-7-13-8-10-14(11-9-13)12(2)3/h12H,1,4-11H2,2-3H3. The van der Waals surface area contributed by atoms with Gasteiger partial charge in [-0.1, -0.05) is 19.8 Å². The average molecular weight is 197 g/mol. The van der Waals surface area contributed by atoms with Gasteiger partial charge in [-0.25, -0.2) is 0 Å². The van der Waals surface area contributed by atoms with Crippen molar-refractivity contribution in [2.75, 3.05) is 32.7 Å². The van der Waals surface area contributed by atoms with Crippen LogP contribution in [0.15, 0.2) is 0 Å². The smallest absolute Gasteiger partial charge is 0.0113 e. The van der Waals surface area contributed by atoms with Crippen LogP contribution < -0.4 is 0 Å². The zero-order valence-corrected chi connectivity index (χ0v) is 9.84. The maximum Gasteiger partial charge on any atom is 0.0113 e. The van der Waals surface area contributed by atoms with E-state index in [0.29, 0.717) is 0 Å². The van der Waals surface area contributed by atoms with E-state index >= 15 is 0 Å². The van der Waals surface area contributed by atoms with Gasteiger partial charge >= 0.3 is 0 Å². The molecule has 1 aliphatic heterocycles. The minimum Gasteiger partial charge on any atom is -0.301 e. The fraction of sp³-hybridized carbons (Fsp3) is 0.917. The van der Waals surface area contributed by atoms with Gasteiger partial charge in [0, 0.05) is 32.2 Å². The molecule has 1 aliphatic rings. The number of hydrogen-bond donors (Lipinski definition) is 0. The molecule has 1 rings (SSSR count). The summed E-state index contributed by atoms with van der Waals surface area (Å²) in [5, 5.41) is 0. The lowest BCUT2D eigenvalue weighted by atomic mass is 10.2. The quantitative estimate of drug-likeness (QED) is 0.622. The molecule has 2 heteroatoms. The maximum atomic E-state index is 3.88. The van der Waals surface area contributed by atoms with E-state index in [4.69, 9.17) is 0 Å². The minimum absolute atomic E-state index is 0.719. The van der Waals surface area contributed by atoms with Gasteiger partial charge in [0.05, 0.1) is 0 Å². The van der Waals surface area contributed by atoms with Crippen LogP contribution in [0.3, 0.4) is 0 Å². The van der Waals surface area contributed by atoms with E-state index in [1.54, 1.807) is 0 Å². The first-order valence-corrected chi connectivity index (χ1v) is 5.99. The Hall–Kier alpha value is -0.0800. The summed E-state index contributed by atoms with van der Waals surface area (Å²) >= 11 is 0. The summed E-state index contributed by atoms with van der Waals surface area (Å²) in [6, 6.07) is 0.719. The minimum atomic E-state index is 0.719. The molecule has 1 fully saturated rings. The number of unbranched alkanes of at least 4 members (excludes halogenated alkanes) is 2. The topological polar surface area (TPSA) is 6.48 Å². The van der Waals surface area contributed by atoms with Crippen molar-refractivity contribution < 1.29 is 0 Å². The van der Waals surface area contributed by atoms with Crippen molar-refractivity contribution in [1.29, 1.82) is 0 Å². The Bertz CT molecular complexity index is 137. The first-order valence-electron chi connectivity index (χ1n) is 5.99. The van der Waals surface area contributed by atoms with E-state index in [-0.39, 0.29) is 0 Å². The Balaban J connectivity index is 2.09. The molecule has 0 spiro atoms. The summed E-state index contributed by atoms with van der Waals surface area (Å²) < 4.78 is 0. The third kappa shape index (κ3) is 3.97. The maximum absolute atomic E-state index is 3.88. The molecule has 0 amide bonds. The third-order valence-corrected chi connectivity index (χ3v) is 3.11. The van der Waals surface area contributed by atoms with Crippen molar-refractivity contribution in [3.05, 3.63) is 6.92 Å². The highest BCUT2D eigenvalue weighted by Crippen LogP contribution is 2.07. The van der Waals surface area contributed by atoms with Crippen molar-refractivity contribution in [1.82, 2.24) is 9.80 Å². The van der Waals surface area contributed by atoms with E-state index in [1.807, 2.05) is 0 Å². The zero-order chi connectivity index (χ0) is 10.4. The fourth-order valence-corrected chi connectivity index (χ4v) is 2.02. The molecule has 0 N–H and O–H groups in total. The third-order valence-electron chi connectivity index (χ3n) is 3.11. The molecular formula is C12H25N2. The van der Waals surface area contributed by atoms with Crippen molar-refractivity contribution in [3.63, 3.8) is 0 Å². The van der Waals surface area contributed by atoms with Crippen LogP contribution in [0.25, 0.3) is 0 Å². The first kappa shape index (κ1) is 12.0. The Morgan fingerprint density at radius 2 is 1.71 bits per heavy atom. The Morgan fingerprint density at radius 3 is 2.21 bits per heavy atom. The van der Waals surface area contributed by atoms with Crippen LogP contribution in [0.5, 0.6) is 0 Å². The normalized spacial score (nSPS) is 20.6. The Kier molecular flexibility index (Phi) is 5.49. The largest absolute Gasteiger partial charge is 0.301 e. The molecule has 83 valence electrons. The fourth-order valence-electron chi connectivity index (χ4n) is 2.02. The predicted octanol–water partition coefficient (Wildman–Crippen LogP) is 2.02. The van der Waals surface area contributed by atoms with Crippen LogP contribution in [-0.2, 0) is 0 Å². The molecule has 0 saturated carbocycles. The average Bonchev–Trinajstić information content (AvgIpc) is 2.19. The first-order chi connectivity index (χ1) is 6.74. The van der Waals surface area contributed by atoms with Crippen LogP contribution in [0.4, 0.5) is 0 Å². The zero-order valence-electron chi connectivity index (χ0n) is 9.84. The molecule has 0 aromatic heterocycles. The SMILES string of the molecule is [CH2]CCCCN1CCN(C(C)C)CC1. The second-order valence-corrected chi connectivity index (χ2v) is 4.53. The van der Waals surface area contributed by atoms with Crippen LogP contribution in [0, 0.1) is 6.92 Å². The van der Waals surface area contributed by atoms with Crippen molar-refractivity contribution in [2.24, 2.45) is 0 Å². The second-order valence-electron chi connectivity index (χ2n) is 4.53. The number of hydrogen-bond acceptors (Lipinski definition) is 2. The van der Waals surface area contributed by atoms with E-state index in [9.17, 15) is 0 Å². The molecule has 0 aromatic carbocycles. The molecule has 2 nitrogen and oxygen atoms in total. The summed E-state index contributed by atoms with van der Waals surface area (Å²) in [4.78, 5) is 5.16. The van der Waals surface area contributed by atoms with Gasteiger partial charge in [-0.2, -0.15) is 0 Å². The molecule has 0 atom stereocenters. The van der Waals surface area contributed by atoms with Gasteiger partial charge in [-0.05, 0) is 26.8 Å². The Labute approximate surface area is 89.3 Å². The summed E-state index contributed by atoms with van der Waals surface area (Å²) in [6.07, 6.45) is 3.70. The van der Waals surface area contributed by atoms with Gasteiger partial charge in [0.2, 0.25) is 0 Å². The number of piperazine rings is 1. The molecule has 0 aromatic rings. The lowest BCUT2D eigenvalue weighted by molar-refractivity contribution is 0.107. The molecule has 1 radical (unpaired) electrons. The molecule has 0 bridgehead atoms. The van der Waals surface area contributed by atoms with Gasteiger partial charge < -0.3 is 4.90 Å². The van der Waals surface area contributed by atoms with Crippen LogP contribution in [0.2, 0.25) is 0 Å². The van der Waals surface area contributed by atoms with Crippen LogP contribution in [-0.4, -0.2) is 48.6 Å². The highest BCUT2D eigenvalue weighted by atomic mass is 15.3. The summed E-state index contributed by atoms with van der Waals surface area (Å²) in [5.41, 5.74) is 0. The van der Waals surface area contributed by atoms with E-state index in [2.05, 4.69) is 30.6 Å². The van der Waals surface area contributed by atoms with Crippen molar-refractivity contribution >= 4 is 0 Å². The van der Waals surface area contributed by atoms with Crippen molar-refractivity contribution in [2.45, 2.75) is 39.2 Å². The van der Waals surface area contributed by atoms with Crippen LogP contribution in [0.1, 0.15) is 33.1 Å². The monoisotopic (exact) mass is 197 g/mol. The van der Waals surface area contributed by atoms with Gasteiger partial charge in [-0.3, -0.25) is 4.90 Å². The van der Waals surface area contributed by atoms with E-state index in [1.165, 1.54) is 45.6 Å². The molecule has 1 saturated heterocycles. The lowest BCUT2D eigenvalue weighted by Crippen LogP contribution is -2.48. The summed E-state index contributed by atoms with van der Waals surface area (Å²) in [6.45, 7) is 14.8.